The summed E-state index contributed by atoms with van der Waals surface area (Å²) in [5, 5.41) is 0. The second-order valence-corrected chi connectivity index (χ2v) is 7.14. The second kappa shape index (κ2) is 6.39. The van der Waals surface area contributed by atoms with Gasteiger partial charge in [-0.05, 0) is 25.0 Å². The van der Waals surface area contributed by atoms with E-state index in [2.05, 4.69) is 0 Å². The van der Waals surface area contributed by atoms with Gasteiger partial charge in [0.15, 0.2) is 15.6 Å². The van der Waals surface area contributed by atoms with Gasteiger partial charge in [-0.2, -0.15) is 0 Å². The average Bonchev–Trinajstić information content (AvgIpc) is 3.00. The van der Waals surface area contributed by atoms with E-state index in [4.69, 9.17) is 0 Å². The van der Waals surface area contributed by atoms with Gasteiger partial charge in [-0.1, -0.05) is 19.1 Å². The number of carbonyl (C=O) groups excluding carboxylic acids is 2. The van der Waals surface area contributed by atoms with Gasteiger partial charge in [-0.15, -0.1) is 0 Å². The zero-order valence-corrected chi connectivity index (χ0v) is 12.9. The normalized spacial score (nSPS) is 15.2. The maximum Gasteiger partial charge on any atom is 0.238 e. The third-order valence-electron chi connectivity index (χ3n) is 3.63. The molecule has 1 heterocycles. The minimum atomic E-state index is -3.65. The first kappa shape index (κ1) is 15.7. The maximum absolute atomic E-state index is 12.2. The van der Waals surface area contributed by atoms with Gasteiger partial charge < -0.3 is 4.90 Å². The van der Waals surface area contributed by atoms with E-state index in [1.807, 2.05) is 0 Å². The number of hydrogen-bond acceptors (Lipinski definition) is 4. The smallest absolute Gasteiger partial charge is 0.238 e. The number of rotatable bonds is 5. The zero-order valence-electron chi connectivity index (χ0n) is 12.0. The van der Waals surface area contributed by atoms with Crippen molar-refractivity contribution in [1.29, 1.82) is 0 Å². The summed E-state index contributed by atoms with van der Waals surface area (Å²) in [6, 6.07) is 5.79. The number of nitrogens with zero attached hydrogens (tertiary/aromatic N) is 1. The lowest BCUT2D eigenvalue weighted by atomic mass is 10.1. The minimum Gasteiger partial charge on any atom is -0.342 e. The Kier molecular flexibility index (Phi) is 4.77. The van der Waals surface area contributed by atoms with Crippen molar-refractivity contribution in [3.63, 3.8) is 0 Å². The second-order valence-electron chi connectivity index (χ2n) is 5.15. The molecular weight excluding hydrogens is 290 g/mol. The van der Waals surface area contributed by atoms with Crippen molar-refractivity contribution in [2.75, 3.05) is 18.8 Å². The highest BCUT2D eigenvalue weighted by Gasteiger charge is 2.25. The van der Waals surface area contributed by atoms with Crippen molar-refractivity contribution in [3.05, 3.63) is 29.8 Å². The van der Waals surface area contributed by atoms with Crippen LogP contribution in [0.5, 0.6) is 0 Å². The number of ketones is 1. The molecule has 0 bridgehead atoms. The van der Waals surface area contributed by atoms with Gasteiger partial charge in [0, 0.05) is 25.1 Å². The van der Waals surface area contributed by atoms with Crippen LogP contribution in [-0.2, 0) is 14.6 Å². The molecule has 21 heavy (non-hydrogen) atoms. The van der Waals surface area contributed by atoms with Crippen LogP contribution < -0.4 is 0 Å². The van der Waals surface area contributed by atoms with E-state index in [9.17, 15) is 18.0 Å². The van der Waals surface area contributed by atoms with Crippen LogP contribution in [0.3, 0.4) is 0 Å². The van der Waals surface area contributed by atoms with Gasteiger partial charge in [0.25, 0.3) is 0 Å². The molecule has 5 nitrogen and oxygen atoms in total. The molecule has 114 valence electrons. The van der Waals surface area contributed by atoms with Crippen molar-refractivity contribution in [3.8, 4) is 0 Å². The summed E-state index contributed by atoms with van der Waals surface area (Å²) in [7, 11) is -3.65. The summed E-state index contributed by atoms with van der Waals surface area (Å²) < 4.78 is 24.4. The summed E-state index contributed by atoms with van der Waals surface area (Å²) in [5.41, 5.74) is 0.488. The molecule has 1 fully saturated rings. The molecule has 0 aliphatic carbocycles. The molecular formula is C15H19NO4S. The highest BCUT2D eigenvalue weighted by Crippen LogP contribution is 2.16. The Balaban J connectivity index is 2.11. The summed E-state index contributed by atoms with van der Waals surface area (Å²) >= 11 is 0. The predicted octanol–water partition coefficient (Wildman–Crippen LogP) is 1.68. The molecule has 2 rings (SSSR count). The Labute approximate surface area is 124 Å². The maximum atomic E-state index is 12.2. The number of carbonyl (C=O) groups is 2. The lowest BCUT2D eigenvalue weighted by Crippen LogP contribution is -2.33. The van der Waals surface area contributed by atoms with Crippen LogP contribution in [0, 0.1) is 0 Å². The van der Waals surface area contributed by atoms with Crippen LogP contribution in [0.1, 0.15) is 36.5 Å². The molecule has 1 aliphatic rings. The Morgan fingerprint density at radius 2 is 1.67 bits per heavy atom. The molecule has 0 atom stereocenters. The van der Waals surface area contributed by atoms with Crippen molar-refractivity contribution in [2.24, 2.45) is 0 Å². The van der Waals surface area contributed by atoms with Gasteiger partial charge in [0.2, 0.25) is 5.91 Å². The van der Waals surface area contributed by atoms with Crippen LogP contribution >= 0.6 is 0 Å². The van der Waals surface area contributed by atoms with Gasteiger partial charge >= 0.3 is 0 Å². The van der Waals surface area contributed by atoms with Gasteiger partial charge in [-0.25, -0.2) is 8.42 Å². The van der Waals surface area contributed by atoms with E-state index in [1.54, 1.807) is 11.8 Å². The van der Waals surface area contributed by atoms with Crippen LogP contribution in [0.4, 0.5) is 0 Å². The third-order valence-corrected chi connectivity index (χ3v) is 5.25. The monoisotopic (exact) mass is 309 g/mol. The number of amides is 1. The number of Topliss-reactive ketones (excluding diaryl/α,β-unsaturated/α-hetero) is 1. The van der Waals surface area contributed by atoms with Gasteiger partial charge in [0.05, 0.1) is 4.90 Å². The number of likely N-dealkylation sites (tertiary alicyclic amines) is 1. The first-order valence-corrected chi connectivity index (χ1v) is 8.73. The first-order chi connectivity index (χ1) is 9.94. The summed E-state index contributed by atoms with van der Waals surface area (Å²) in [5.74, 6) is -0.887. The fourth-order valence-electron chi connectivity index (χ4n) is 2.36. The molecule has 0 spiro atoms. The van der Waals surface area contributed by atoms with Gasteiger partial charge in [0.1, 0.15) is 5.75 Å². The Hall–Kier alpha value is -1.69. The Bertz CT molecular complexity index is 628. The summed E-state index contributed by atoms with van der Waals surface area (Å²) in [6.45, 7) is 3.03. The third kappa shape index (κ3) is 3.69. The topological polar surface area (TPSA) is 71.5 Å². The summed E-state index contributed by atoms with van der Waals surface area (Å²) in [4.78, 5) is 25.1. The Morgan fingerprint density at radius 1 is 1.10 bits per heavy atom. The molecule has 1 aromatic carbocycles. The van der Waals surface area contributed by atoms with E-state index in [1.165, 1.54) is 24.3 Å². The van der Waals surface area contributed by atoms with E-state index in [0.717, 1.165) is 12.8 Å². The lowest BCUT2D eigenvalue weighted by Gasteiger charge is -2.15. The van der Waals surface area contributed by atoms with Crippen molar-refractivity contribution >= 4 is 21.5 Å². The minimum absolute atomic E-state index is 0.0351. The standard InChI is InChI=1S/C15H19NO4S/c1-2-14(17)12-5-7-13(8-6-12)21(19,20)11-15(18)16-9-3-4-10-16/h5-8H,2-4,9-11H2,1H3. The molecule has 1 aliphatic heterocycles. The molecule has 1 amide bonds. The average molecular weight is 309 g/mol. The van der Waals surface area contributed by atoms with Crippen LogP contribution in [0.2, 0.25) is 0 Å². The molecule has 0 radical (unpaired) electrons. The fraction of sp³-hybridized carbons (Fsp3) is 0.467. The van der Waals surface area contributed by atoms with Crippen LogP contribution in [0.15, 0.2) is 29.2 Å². The Morgan fingerprint density at radius 3 is 2.19 bits per heavy atom. The van der Waals surface area contributed by atoms with Crippen LogP contribution in [-0.4, -0.2) is 43.9 Å². The molecule has 1 aromatic rings. The molecule has 6 heteroatoms. The lowest BCUT2D eigenvalue weighted by molar-refractivity contribution is -0.127. The van der Waals surface area contributed by atoms with Crippen molar-refractivity contribution in [1.82, 2.24) is 4.90 Å². The number of hydrogen-bond donors (Lipinski definition) is 0. The van der Waals surface area contributed by atoms with Crippen LogP contribution in [0.25, 0.3) is 0 Å². The number of benzene rings is 1. The van der Waals surface area contributed by atoms with E-state index in [-0.39, 0.29) is 16.6 Å². The summed E-state index contributed by atoms with van der Waals surface area (Å²) in [6.07, 6.45) is 2.23. The highest BCUT2D eigenvalue weighted by atomic mass is 32.2. The largest absolute Gasteiger partial charge is 0.342 e. The fourth-order valence-corrected chi connectivity index (χ4v) is 3.58. The van der Waals surface area contributed by atoms with E-state index < -0.39 is 15.6 Å². The van der Waals surface area contributed by atoms with Crippen molar-refractivity contribution < 1.29 is 18.0 Å². The highest BCUT2D eigenvalue weighted by molar-refractivity contribution is 7.92. The SMILES string of the molecule is CCC(=O)c1ccc(S(=O)(=O)CC(=O)N2CCCC2)cc1. The predicted molar refractivity (Wildman–Crippen MR) is 78.9 cm³/mol. The van der Waals surface area contributed by atoms with E-state index >= 15 is 0 Å². The molecule has 0 aromatic heterocycles. The quantitative estimate of drug-likeness (QED) is 0.776. The van der Waals surface area contributed by atoms with Gasteiger partial charge in [-0.3, -0.25) is 9.59 Å². The molecule has 1 saturated heterocycles. The zero-order chi connectivity index (χ0) is 15.5. The first-order valence-electron chi connectivity index (χ1n) is 7.08. The molecule has 0 N–H and O–H groups in total. The molecule has 0 unspecified atom stereocenters. The number of sulfone groups is 1. The molecule has 0 saturated carbocycles. The van der Waals surface area contributed by atoms with E-state index in [0.29, 0.717) is 25.1 Å². The van der Waals surface area contributed by atoms with Crippen molar-refractivity contribution in [2.45, 2.75) is 31.1 Å².